The zero-order valence-corrected chi connectivity index (χ0v) is 11.9. The van der Waals surface area contributed by atoms with Gasteiger partial charge in [0.2, 0.25) is 5.89 Å². The van der Waals surface area contributed by atoms with Crippen molar-refractivity contribution in [2.75, 3.05) is 6.54 Å². The van der Waals surface area contributed by atoms with E-state index in [1.165, 1.54) is 0 Å². The summed E-state index contributed by atoms with van der Waals surface area (Å²) < 4.78 is 5.64. The zero-order valence-electron chi connectivity index (χ0n) is 11.9. The van der Waals surface area contributed by atoms with Crippen LogP contribution in [-0.4, -0.2) is 22.6 Å². The summed E-state index contributed by atoms with van der Waals surface area (Å²) in [4.78, 5) is 15.7. The minimum absolute atomic E-state index is 0.209. The van der Waals surface area contributed by atoms with Crippen molar-refractivity contribution >= 4 is 17.1 Å². The van der Waals surface area contributed by atoms with Gasteiger partial charge in [-0.15, -0.1) is 0 Å². The lowest BCUT2D eigenvalue weighted by molar-refractivity contribution is -0.144. The summed E-state index contributed by atoms with van der Waals surface area (Å²) in [6.45, 7) is 1.24. The lowest BCUT2D eigenvalue weighted by Crippen LogP contribution is -2.34. The lowest BCUT2D eigenvalue weighted by atomic mass is 9.79. The molecule has 0 spiro atoms. The third kappa shape index (κ3) is 3.24. The fourth-order valence-corrected chi connectivity index (χ4v) is 3.14. The van der Waals surface area contributed by atoms with Gasteiger partial charge in [0.15, 0.2) is 5.58 Å². The molecule has 0 bridgehead atoms. The highest BCUT2D eigenvalue weighted by molar-refractivity contribution is 5.72. The number of oxazole rings is 1. The van der Waals surface area contributed by atoms with Crippen molar-refractivity contribution in [1.82, 2.24) is 10.3 Å². The zero-order chi connectivity index (χ0) is 14.7. The van der Waals surface area contributed by atoms with E-state index >= 15 is 0 Å². The molecule has 5 heteroatoms. The molecule has 0 aliphatic heterocycles. The van der Waals surface area contributed by atoms with Crippen molar-refractivity contribution in [3.8, 4) is 0 Å². The maximum Gasteiger partial charge on any atom is 0.306 e. The standard InChI is InChI=1S/C16H20N2O3/c19-16(20)12-6-2-1-5-11(12)9-17-10-15-18-13-7-3-4-8-14(13)21-15/h3-4,7-8,11-12,17H,1-2,5-6,9-10H2,(H,19,20). The molecule has 1 aromatic carbocycles. The van der Waals surface area contributed by atoms with E-state index < -0.39 is 5.97 Å². The maximum atomic E-state index is 11.3. The number of benzene rings is 1. The van der Waals surface area contributed by atoms with Crippen LogP contribution in [0.1, 0.15) is 31.6 Å². The molecule has 2 N–H and O–H groups in total. The van der Waals surface area contributed by atoms with E-state index in [1.54, 1.807) is 0 Å². The Morgan fingerprint density at radius 1 is 1.33 bits per heavy atom. The number of aliphatic carboxylic acids is 1. The second kappa shape index (κ2) is 6.26. The van der Waals surface area contributed by atoms with Crippen LogP contribution in [0.3, 0.4) is 0 Å². The van der Waals surface area contributed by atoms with Crippen LogP contribution in [0.15, 0.2) is 28.7 Å². The number of rotatable bonds is 5. The lowest BCUT2D eigenvalue weighted by Gasteiger charge is -2.28. The van der Waals surface area contributed by atoms with Gasteiger partial charge in [-0.3, -0.25) is 4.79 Å². The SMILES string of the molecule is O=C(O)C1CCCCC1CNCc1nc2ccccc2o1. The number of hydrogen-bond acceptors (Lipinski definition) is 4. The topological polar surface area (TPSA) is 75.4 Å². The molecular formula is C16H20N2O3. The quantitative estimate of drug-likeness (QED) is 0.885. The van der Waals surface area contributed by atoms with Gasteiger partial charge in [-0.2, -0.15) is 0 Å². The van der Waals surface area contributed by atoms with E-state index in [0.717, 1.165) is 36.8 Å². The normalized spacial score (nSPS) is 22.5. The highest BCUT2D eigenvalue weighted by atomic mass is 16.4. The minimum atomic E-state index is -0.664. The first-order valence-corrected chi connectivity index (χ1v) is 7.52. The molecule has 0 radical (unpaired) electrons. The molecule has 112 valence electrons. The van der Waals surface area contributed by atoms with Gasteiger partial charge >= 0.3 is 5.97 Å². The van der Waals surface area contributed by atoms with Crippen LogP contribution in [0.2, 0.25) is 0 Å². The van der Waals surface area contributed by atoms with E-state index in [2.05, 4.69) is 10.3 Å². The Kier molecular flexibility index (Phi) is 4.20. The van der Waals surface area contributed by atoms with Crippen molar-refractivity contribution in [3.05, 3.63) is 30.2 Å². The average Bonchev–Trinajstić information content (AvgIpc) is 2.90. The summed E-state index contributed by atoms with van der Waals surface area (Å²) >= 11 is 0. The summed E-state index contributed by atoms with van der Waals surface area (Å²) in [6.07, 6.45) is 3.93. The molecule has 1 aromatic heterocycles. The minimum Gasteiger partial charge on any atom is -0.481 e. The van der Waals surface area contributed by atoms with Gasteiger partial charge in [0, 0.05) is 0 Å². The fraction of sp³-hybridized carbons (Fsp3) is 0.500. The van der Waals surface area contributed by atoms with Crippen molar-refractivity contribution in [2.45, 2.75) is 32.2 Å². The number of hydrogen-bond donors (Lipinski definition) is 2. The van der Waals surface area contributed by atoms with Crippen LogP contribution in [0.25, 0.3) is 11.1 Å². The van der Waals surface area contributed by atoms with Crippen LogP contribution in [0.4, 0.5) is 0 Å². The predicted octanol–water partition coefficient (Wildman–Crippen LogP) is 2.81. The Hall–Kier alpha value is -1.88. The molecule has 0 saturated heterocycles. The molecule has 1 fully saturated rings. The molecule has 1 aliphatic rings. The molecule has 5 nitrogen and oxygen atoms in total. The van der Waals surface area contributed by atoms with E-state index in [1.807, 2.05) is 24.3 Å². The summed E-state index contributed by atoms with van der Waals surface area (Å²) in [5.74, 6) is -0.0160. The number of nitrogens with one attached hydrogen (secondary N) is 1. The fourth-order valence-electron chi connectivity index (χ4n) is 3.14. The van der Waals surface area contributed by atoms with Gasteiger partial charge in [-0.05, 0) is 37.4 Å². The largest absolute Gasteiger partial charge is 0.481 e. The molecule has 1 heterocycles. The third-order valence-corrected chi connectivity index (χ3v) is 4.25. The summed E-state index contributed by atoms with van der Waals surface area (Å²) in [5.41, 5.74) is 1.64. The van der Waals surface area contributed by atoms with Crippen LogP contribution in [0.5, 0.6) is 0 Å². The van der Waals surface area contributed by atoms with E-state index in [9.17, 15) is 9.90 Å². The third-order valence-electron chi connectivity index (χ3n) is 4.25. The van der Waals surface area contributed by atoms with Crippen LogP contribution >= 0.6 is 0 Å². The molecule has 2 atom stereocenters. The molecule has 3 rings (SSSR count). The first-order chi connectivity index (χ1) is 10.2. The Balaban J connectivity index is 1.56. The van der Waals surface area contributed by atoms with Crippen molar-refractivity contribution in [3.63, 3.8) is 0 Å². The van der Waals surface area contributed by atoms with Crippen molar-refractivity contribution < 1.29 is 14.3 Å². The predicted molar refractivity (Wildman–Crippen MR) is 78.8 cm³/mol. The Labute approximate surface area is 123 Å². The van der Waals surface area contributed by atoms with Gasteiger partial charge in [0.1, 0.15) is 5.52 Å². The Morgan fingerprint density at radius 3 is 2.95 bits per heavy atom. The molecule has 0 amide bonds. The van der Waals surface area contributed by atoms with Crippen LogP contribution in [0, 0.1) is 11.8 Å². The monoisotopic (exact) mass is 288 g/mol. The van der Waals surface area contributed by atoms with Gasteiger partial charge in [-0.1, -0.05) is 25.0 Å². The molecule has 2 unspecified atom stereocenters. The van der Waals surface area contributed by atoms with Gasteiger partial charge in [0.05, 0.1) is 12.5 Å². The summed E-state index contributed by atoms with van der Waals surface area (Å²) in [6, 6.07) is 7.67. The second-order valence-corrected chi connectivity index (χ2v) is 5.70. The number of fused-ring (bicyclic) bond motifs is 1. The van der Waals surface area contributed by atoms with Crippen LogP contribution < -0.4 is 5.32 Å². The molecule has 1 saturated carbocycles. The number of carbonyl (C=O) groups is 1. The van der Waals surface area contributed by atoms with Crippen molar-refractivity contribution in [2.24, 2.45) is 11.8 Å². The highest BCUT2D eigenvalue weighted by Gasteiger charge is 2.30. The first kappa shape index (κ1) is 14.1. The van der Waals surface area contributed by atoms with Crippen molar-refractivity contribution in [1.29, 1.82) is 0 Å². The summed E-state index contributed by atoms with van der Waals surface area (Å²) in [7, 11) is 0. The Morgan fingerprint density at radius 2 is 2.14 bits per heavy atom. The smallest absolute Gasteiger partial charge is 0.306 e. The van der Waals surface area contributed by atoms with Crippen LogP contribution in [-0.2, 0) is 11.3 Å². The van der Waals surface area contributed by atoms with E-state index in [-0.39, 0.29) is 11.8 Å². The first-order valence-electron chi connectivity index (χ1n) is 7.52. The number of carboxylic acid groups (broad SMARTS) is 1. The van der Waals surface area contributed by atoms with E-state index in [0.29, 0.717) is 19.0 Å². The van der Waals surface area contributed by atoms with E-state index in [4.69, 9.17) is 4.42 Å². The van der Waals surface area contributed by atoms with Gasteiger partial charge in [0.25, 0.3) is 0 Å². The molecular weight excluding hydrogens is 268 g/mol. The average molecular weight is 288 g/mol. The second-order valence-electron chi connectivity index (χ2n) is 5.70. The van der Waals surface area contributed by atoms with Gasteiger partial charge < -0.3 is 14.8 Å². The number of carboxylic acids is 1. The summed E-state index contributed by atoms with van der Waals surface area (Å²) in [5, 5.41) is 12.6. The van der Waals surface area contributed by atoms with Gasteiger partial charge in [-0.25, -0.2) is 4.98 Å². The maximum absolute atomic E-state index is 11.3. The number of para-hydroxylation sites is 2. The highest BCUT2D eigenvalue weighted by Crippen LogP contribution is 2.29. The molecule has 21 heavy (non-hydrogen) atoms. The number of aromatic nitrogens is 1. The molecule has 1 aliphatic carbocycles. The molecule has 2 aromatic rings. The number of nitrogens with zero attached hydrogens (tertiary/aromatic N) is 1. The Bertz CT molecular complexity index is 590.